The molecule has 0 radical (unpaired) electrons. The number of carbonyl (C=O) groups is 3. The zero-order chi connectivity index (χ0) is 18.3. The van der Waals surface area contributed by atoms with Crippen LogP contribution in [0.5, 0.6) is 0 Å². The highest BCUT2D eigenvalue weighted by atomic mass is 35.5. The van der Waals surface area contributed by atoms with E-state index in [2.05, 4.69) is 5.32 Å². The molecule has 132 valence electrons. The predicted molar refractivity (Wildman–Crippen MR) is 87.7 cm³/mol. The Morgan fingerprint density at radius 2 is 1.62 bits per heavy atom. The number of rotatable bonds is 5. The van der Waals surface area contributed by atoms with Gasteiger partial charge < -0.3 is 5.32 Å². The van der Waals surface area contributed by atoms with Gasteiger partial charge in [0.15, 0.2) is 9.84 Å². The van der Waals surface area contributed by atoms with Gasteiger partial charge >= 0.3 is 11.8 Å². The van der Waals surface area contributed by atoms with Crippen LogP contribution in [0.25, 0.3) is 0 Å². The Morgan fingerprint density at radius 3 is 2.17 bits per heavy atom. The van der Waals surface area contributed by atoms with Gasteiger partial charge in [-0.25, -0.2) is 8.42 Å². The van der Waals surface area contributed by atoms with E-state index in [9.17, 15) is 22.8 Å². The van der Waals surface area contributed by atoms with Gasteiger partial charge in [0.1, 0.15) is 0 Å². The predicted octanol–water partition coefficient (Wildman–Crippen LogP) is 0.176. The summed E-state index contributed by atoms with van der Waals surface area (Å²) in [6, 6.07) is 5.31. The molecule has 1 aromatic carbocycles. The van der Waals surface area contributed by atoms with Crippen molar-refractivity contribution in [3.63, 3.8) is 0 Å². The lowest BCUT2D eigenvalue weighted by Crippen LogP contribution is -2.49. The smallest absolute Gasteiger partial charge is 0.327 e. The fourth-order valence-corrected chi connectivity index (χ4v) is 2.93. The van der Waals surface area contributed by atoms with Crippen molar-refractivity contribution in [3.05, 3.63) is 29.3 Å². The van der Waals surface area contributed by atoms with E-state index in [1.165, 1.54) is 24.3 Å². The molecule has 24 heavy (non-hydrogen) atoms. The molecule has 3 N–H and O–H groups in total. The molecule has 0 unspecified atom stereocenters. The van der Waals surface area contributed by atoms with Gasteiger partial charge in [-0.1, -0.05) is 11.6 Å². The van der Waals surface area contributed by atoms with Crippen LogP contribution in [-0.4, -0.2) is 37.9 Å². The number of hydrogen-bond acceptors (Lipinski definition) is 5. The standard InChI is InChI=1S/C14H18ClN3O5S/c1-9(2)16-13(20)14(21)18-17-12(19)7-8-24(22,23)11-5-3-10(15)4-6-11/h3-6,9H,7-8H2,1-2H3,(H,16,20)(H,17,19)(H,18,21). The van der Waals surface area contributed by atoms with Crippen LogP contribution in [0.4, 0.5) is 0 Å². The average Bonchev–Trinajstić information content (AvgIpc) is 2.50. The monoisotopic (exact) mass is 375 g/mol. The quantitative estimate of drug-likeness (QED) is 0.500. The molecule has 10 heteroatoms. The van der Waals surface area contributed by atoms with E-state index >= 15 is 0 Å². The summed E-state index contributed by atoms with van der Waals surface area (Å²) in [6.07, 6.45) is -0.378. The topological polar surface area (TPSA) is 121 Å². The third-order valence-corrected chi connectivity index (χ3v) is 4.70. The van der Waals surface area contributed by atoms with Crippen LogP contribution in [-0.2, 0) is 24.2 Å². The molecule has 0 aliphatic rings. The zero-order valence-corrected chi connectivity index (χ0v) is 14.7. The Kier molecular flexibility index (Phi) is 7.18. The molecule has 0 fully saturated rings. The van der Waals surface area contributed by atoms with Crippen LogP contribution < -0.4 is 16.2 Å². The summed E-state index contributed by atoms with van der Waals surface area (Å²) in [5.41, 5.74) is 3.89. The SMILES string of the molecule is CC(C)NC(=O)C(=O)NNC(=O)CCS(=O)(=O)c1ccc(Cl)cc1. The van der Waals surface area contributed by atoms with Gasteiger partial charge in [0.25, 0.3) is 0 Å². The van der Waals surface area contributed by atoms with E-state index < -0.39 is 33.3 Å². The highest BCUT2D eigenvalue weighted by molar-refractivity contribution is 7.91. The number of benzene rings is 1. The van der Waals surface area contributed by atoms with Crippen LogP contribution in [0.1, 0.15) is 20.3 Å². The highest BCUT2D eigenvalue weighted by Gasteiger charge is 2.18. The van der Waals surface area contributed by atoms with Crippen molar-refractivity contribution in [2.45, 2.75) is 31.2 Å². The second-order valence-electron chi connectivity index (χ2n) is 5.15. The average molecular weight is 376 g/mol. The number of hydrazine groups is 1. The van der Waals surface area contributed by atoms with Crippen molar-refractivity contribution in [2.24, 2.45) is 0 Å². The van der Waals surface area contributed by atoms with E-state index in [-0.39, 0.29) is 17.4 Å². The van der Waals surface area contributed by atoms with Gasteiger partial charge in [-0.2, -0.15) is 0 Å². The molecule has 1 rings (SSSR count). The highest BCUT2D eigenvalue weighted by Crippen LogP contribution is 2.15. The molecular formula is C14H18ClN3O5S. The van der Waals surface area contributed by atoms with Crippen molar-refractivity contribution in [1.29, 1.82) is 0 Å². The lowest BCUT2D eigenvalue weighted by atomic mass is 10.4. The van der Waals surface area contributed by atoms with E-state index in [0.29, 0.717) is 5.02 Å². The largest absolute Gasteiger partial charge is 0.346 e. The van der Waals surface area contributed by atoms with Crippen molar-refractivity contribution in [2.75, 3.05) is 5.75 Å². The number of hydrogen-bond donors (Lipinski definition) is 3. The second kappa shape index (κ2) is 8.65. The minimum absolute atomic E-state index is 0.0417. The summed E-state index contributed by atoms with van der Waals surface area (Å²) in [5, 5.41) is 2.74. The zero-order valence-electron chi connectivity index (χ0n) is 13.1. The molecule has 3 amide bonds. The minimum Gasteiger partial charge on any atom is -0.346 e. The summed E-state index contributed by atoms with van der Waals surface area (Å²) in [5.74, 6) is -3.14. The molecule has 1 aromatic rings. The first-order valence-corrected chi connectivity index (χ1v) is 9.03. The fourth-order valence-electron chi connectivity index (χ4n) is 1.56. The van der Waals surface area contributed by atoms with E-state index in [0.717, 1.165) is 0 Å². The first-order valence-electron chi connectivity index (χ1n) is 7.00. The Labute approximate surface area is 144 Å². The molecule has 0 atom stereocenters. The fraction of sp³-hybridized carbons (Fsp3) is 0.357. The van der Waals surface area contributed by atoms with Gasteiger partial charge in [-0.15, -0.1) is 0 Å². The summed E-state index contributed by atoms with van der Waals surface area (Å²) in [7, 11) is -3.65. The third-order valence-electron chi connectivity index (χ3n) is 2.71. The molecule has 0 saturated heterocycles. The van der Waals surface area contributed by atoms with Crippen molar-refractivity contribution in [3.8, 4) is 0 Å². The van der Waals surface area contributed by atoms with Gasteiger partial charge in [-0.3, -0.25) is 25.2 Å². The van der Waals surface area contributed by atoms with Gasteiger partial charge in [0, 0.05) is 17.5 Å². The maximum atomic E-state index is 12.0. The Hall–Kier alpha value is -2.13. The molecule has 0 bridgehead atoms. The number of sulfone groups is 1. The lowest BCUT2D eigenvalue weighted by molar-refractivity contribution is -0.141. The van der Waals surface area contributed by atoms with Gasteiger partial charge in [-0.05, 0) is 38.1 Å². The van der Waals surface area contributed by atoms with Crippen molar-refractivity contribution >= 4 is 39.2 Å². The number of nitrogens with one attached hydrogen (secondary N) is 3. The molecule has 0 aliphatic carbocycles. The maximum absolute atomic E-state index is 12.0. The van der Waals surface area contributed by atoms with Gasteiger partial charge in [0.05, 0.1) is 10.6 Å². The first-order chi connectivity index (χ1) is 11.1. The number of carbonyl (C=O) groups excluding carboxylic acids is 3. The van der Waals surface area contributed by atoms with Gasteiger partial charge in [0.2, 0.25) is 5.91 Å². The van der Waals surface area contributed by atoms with Crippen LogP contribution in [0, 0.1) is 0 Å². The lowest BCUT2D eigenvalue weighted by Gasteiger charge is -2.10. The summed E-state index contributed by atoms with van der Waals surface area (Å²) >= 11 is 5.69. The second-order valence-corrected chi connectivity index (χ2v) is 7.70. The molecule has 0 heterocycles. The molecular weight excluding hydrogens is 358 g/mol. The van der Waals surface area contributed by atoms with Crippen LogP contribution >= 0.6 is 11.6 Å². The molecule has 8 nitrogen and oxygen atoms in total. The normalized spacial score (nSPS) is 11.0. The van der Waals surface area contributed by atoms with Crippen LogP contribution in [0.2, 0.25) is 5.02 Å². The first kappa shape index (κ1) is 19.9. The van der Waals surface area contributed by atoms with Crippen molar-refractivity contribution < 1.29 is 22.8 Å². The third kappa shape index (κ3) is 6.55. The molecule has 0 aliphatic heterocycles. The van der Waals surface area contributed by atoms with E-state index in [1.54, 1.807) is 13.8 Å². The van der Waals surface area contributed by atoms with Crippen LogP contribution in [0.15, 0.2) is 29.2 Å². The number of amides is 3. The minimum atomic E-state index is -3.65. The molecule has 0 spiro atoms. The summed E-state index contributed by atoms with van der Waals surface area (Å²) in [6.45, 7) is 3.34. The Bertz CT molecular complexity index is 716. The van der Waals surface area contributed by atoms with E-state index in [1.807, 2.05) is 10.9 Å². The molecule has 0 aromatic heterocycles. The summed E-state index contributed by atoms with van der Waals surface area (Å²) < 4.78 is 24.1. The van der Waals surface area contributed by atoms with Crippen molar-refractivity contribution in [1.82, 2.24) is 16.2 Å². The maximum Gasteiger partial charge on any atom is 0.327 e. The Balaban J connectivity index is 2.47. The van der Waals surface area contributed by atoms with E-state index in [4.69, 9.17) is 11.6 Å². The summed E-state index contributed by atoms with van der Waals surface area (Å²) in [4.78, 5) is 34.3. The van der Waals surface area contributed by atoms with Crippen LogP contribution in [0.3, 0.4) is 0 Å². The number of halogens is 1. The Morgan fingerprint density at radius 1 is 1.04 bits per heavy atom. The molecule has 0 saturated carbocycles.